The Bertz CT molecular complexity index is 452. The second kappa shape index (κ2) is 5.54. The SMILES string of the molecule is O=C(CC1CC2CCC(C1)N2)Nc1cnc(Br)cn1. The van der Waals surface area contributed by atoms with Gasteiger partial charge in [-0.15, -0.1) is 0 Å². The summed E-state index contributed by atoms with van der Waals surface area (Å²) >= 11 is 3.22. The lowest BCUT2D eigenvalue weighted by Crippen LogP contribution is -2.39. The van der Waals surface area contributed by atoms with Gasteiger partial charge in [0, 0.05) is 18.5 Å². The topological polar surface area (TPSA) is 66.9 Å². The Morgan fingerprint density at radius 1 is 1.32 bits per heavy atom. The smallest absolute Gasteiger partial charge is 0.225 e. The molecular formula is C13H17BrN4O. The number of hydrogen-bond acceptors (Lipinski definition) is 4. The standard InChI is InChI=1S/C13H17BrN4O/c14-11-6-16-12(7-15-11)18-13(19)5-8-3-9-1-2-10(4-8)17-9/h6-10,17H,1-5H2,(H,16,18,19). The summed E-state index contributed by atoms with van der Waals surface area (Å²) in [7, 11) is 0. The van der Waals surface area contributed by atoms with E-state index in [9.17, 15) is 4.79 Å². The largest absolute Gasteiger partial charge is 0.311 e. The maximum atomic E-state index is 12.0. The lowest BCUT2D eigenvalue weighted by molar-refractivity contribution is -0.117. The summed E-state index contributed by atoms with van der Waals surface area (Å²) in [4.78, 5) is 20.1. The Hall–Kier alpha value is -1.01. The van der Waals surface area contributed by atoms with Crippen LogP contribution in [0, 0.1) is 5.92 Å². The molecule has 0 radical (unpaired) electrons. The molecule has 3 rings (SSSR count). The van der Waals surface area contributed by atoms with E-state index >= 15 is 0 Å². The van der Waals surface area contributed by atoms with Crippen LogP contribution in [0.2, 0.25) is 0 Å². The number of rotatable bonds is 3. The number of carbonyl (C=O) groups is 1. The van der Waals surface area contributed by atoms with Crippen molar-refractivity contribution in [2.24, 2.45) is 5.92 Å². The van der Waals surface area contributed by atoms with E-state index in [-0.39, 0.29) is 5.91 Å². The molecule has 1 aromatic heterocycles. The van der Waals surface area contributed by atoms with Gasteiger partial charge >= 0.3 is 0 Å². The van der Waals surface area contributed by atoms with E-state index in [0.29, 0.717) is 34.8 Å². The van der Waals surface area contributed by atoms with Crippen molar-refractivity contribution >= 4 is 27.7 Å². The van der Waals surface area contributed by atoms with Crippen molar-refractivity contribution in [1.82, 2.24) is 15.3 Å². The summed E-state index contributed by atoms with van der Waals surface area (Å²) in [6.07, 6.45) is 8.51. The average Bonchev–Trinajstić information content (AvgIpc) is 2.72. The second-order valence-electron chi connectivity index (χ2n) is 5.45. The Morgan fingerprint density at radius 3 is 2.68 bits per heavy atom. The minimum Gasteiger partial charge on any atom is -0.311 e. The van der Waals surface area contributed by atoms with Crippen molar-refractivity contribution in [3.63, 3.8) is 0 Å². The summed E-state index contributed by atoms with van der Waals surface area (Å²) in [5.74, 6) is 1.06. The van der Waals surface area contributed by atoms with Crippen LogP contribution in [0.5, 0.6) is 0 Å². The Kier molecular flexibility index (Phi) is 3.79. The van der Waals surface area contributed by atoms with Gasteiger partial charge in [-0.3, -0.25) is 4.79 Å². The molecule has 2 unspecified atom stereocenters. The fraction of sp³-hybridized carbons (Fsp3) is 0.615. The monoisotopic (exact) mass is 324 g/mol. The highest BCUT2D eigenvalue weighted by Crippen LogP contribution is 2.32. The van der Waals surface area contributed by atoms with Gasteiger partial charge in [0.2, 0.25) is 5.91 Å². The lowest BCUT2D eigenvalue weighted by atomic mass is 9.89. The molecule has 2 fully saturated rings. The Labute approximate surface area is 120 Å². The number of fused-ring (bicyclic) bond motifs is 2. The van der Waals surface area contributed by atoms with Crippen LogP contribution in [0.15, 0.2) is 17.0 Å². The number of halogens is 1. The minimum absolute atomic E-state index is 0.0444. The third kappa shape index (κ3) is 3.30. The van der Waals surface area contributed by atoms with E-state index in [1.807, 2.05) is 0 Å². The first-order chi connectivity index (χ1) is 9.19. The first-order valence-corrected chi connectivity index (χ1v) is 7.52. The third-order valence-electron chi connectivity index (χ3n) is 3.93. The molecule has 2 bridgehead atoms. The maximum Gasteiger partial charge on any atom is 0.225 e. The van der Waals surface area contributed by atoms with Crippen LogP contribution >= 0.6 is 15.9 Å². The zero-order valence-corrected chi connectivity index (χ0v) is 12.2. The number of aromatic nitrogens is 2. The number of anilines is 1. The summed E-state index contributed by atoms with van der Waals surface area (Å²) in [6.45, 7) is 0. The van der Waals surface area contributed by atoms with Crippen LogP contribution in [0.4, 0.5) is 5.82 Å². The van der Waals surface area contributed by atoms with Gasteiger partial charge in [-0.2, -0.15) is 0 Å². The van der Waals surface area contributed by atoms with Gasteiger partial charge in [0.05, 0.1) is 12.4 Å². The van der Waals surface area contributed by atoms with Crippen molar-refractivity contribution in [2.75, 3.05) is 5.32 Å². The van der Waals surface area contributed by atoms with Crippen LogP contribution in [-0.4, -0.2) is 28.0 Å². The number of nitrogens with zero attached hydrogens (tertiary/aromatic N) is 2. The van der Waals surface area contributed by atoms with E-state index in [4.69, 9.17) is 0 Å². The third-order valence-corrected chi connectivity index (χ3v) is 4.34. The van der Waals surface area contributed by atoms with Gasteiger partial charge in [-0.25, -0.2) is 9.97 Å². The first-order valence-electron chi connectivity index (χ1n) is 6.72. The van der Waals surface area contributed by atoms with Crippen molar-refractivity contribution in [3.05, 3.63) is 17.0 Å². The van der Waals surface area contributed by atoms with Crippen molar-refractivity contribution in [3.8, 4) is 0 Å². The Balaban J connectivity index is 1.52. The van der Waals surface area contributed by atoms with Crippen LogP contribution in [0.25, 0.3) is 0 Å². The zero-order valence-electron chi connectivity index (χ0n) is 10.6. The molecule has 0 spiro atoms. The molecule has 1 amide bonds. The van der Waals surface area contributed by atoms with Crippen molar-refractivity contribution in [2.45, 2.75) is 44.2 Å². The summed E-state index contributed by atoms with van der Waals surface area (Å²) in [5, 5.41) is 6.40. The fourth-order valence-corrected chi connectivity index (χ4v) is 3.38. The molecule has 0 saturated carbocycles. The maximum absolute atomic E-state index is 12.0. The van der Waals surface area contributed by atoms with E-state index in [1.54, 1.807) is 12.4 Å². The molecule has 2 saturated heterocycles. The second-order valence-corrected chi connectivity index (χ2v) is 6.26. The molecule has 19 heavy (non-hydrogen) atoms. The van der Waals surface area contributed by atoms with E-state index in [2.05, 4.69) is 36.5 Å². The molecule has 102 valence electrons. The van der Waals surface area contributed by atoms with Crippen LogP contribution in [0.1, 0.15) is 32.1 Å². The molecule has 2 N–H and O–H groups in total. The lowest BCUT2D eigenvalue weighted by Gasteiger charge is -2.28. The number of piperidine rings is 1. The minimum atomic E-state index is 0.0444. The predicted molar refractivity (Wildman–Crippen MR) is 75.6 cm³/mol. The quantitative estimate of drug-likeness (QED) is 0.893. The Morgan fingerprint density at radius 2 is 2.05 bits per heavy atom. The van der Waals surface area contributed by atoms with Crippen LogP contribution in [0.3, 0.4) is 0 Å². The molecule has 1 aromatic rings. The summed E-state index contributed by atoms with van der Waals surface area (Å²) < 4.78 is 0.667. The average molecular weight is 325 g/mol. The molecule has 3 heterocycles. The normalized spacial score (nSPS) is 29.2. The molecule has 2 aliphatic heterocycles. The number of nitrogens with one attached hydrogen (secondary N) is 2. The molecule has 2 aliphatic rings. The van der Waals surface area contributed by atoms with Crippen molar-refractivity contribution < 1.29 is 4.79 Å². The zero-order chi connectivity index (χ0) is 13.2. The fourth-order valence-electron chi connectivity index (χ4n) is 3.17. The highest BCUT2D eigenvalue weighted by atomic mass is 79.9. The molecule has 2 atom stereocenters. The van der Waals surface area contributed by atoms with E-state index in [0.717, 1.165) is 12.8 Å². The molecule has 0 aromatic carbocycles. The van der Waals surface area contributed by atoms with Crippen LogP contribution < -0.4 is 10.6 Å². The van der Waals surface area contributed by atoms with E-state index in [1.165, 1.54) is 12.8 Å². The van der Waals surface area contributed by atoms with Gasteiger partial charge in [-0.05, 0) is 47.5 Å². The van der Waals surface area contributed by atoms with Gasteiger partial charge in [0.1, 0.15) is 4.60 Å². The van der Waals surface area contributed by atoms with Crippen molar-refractivity contribution in [1.29, 1.82) is 0 Å². The van der Waals surface area contributed by atoms with Gasteiger partial charge < -0.3 is 10.6 Å². The predicted octanol–water partition coefficient (Wildman–Crippen LogP) is 2.10. The number of hydrogen-bond donors (Lipinski definition) is 2. The van der Waals surface area contributed by atoms with Crippen LogP contribution in [-0.2, 0) is 4.79 Å². The molecular weight excluding hydrogens is 308 g/mol. The van der Waals surface area contributed by atoms with Gasteiger partial charge in [-0.1, -0.05) is 0 Å². The summed E-state index contributed by atoms with van der Waals surface area (Å²) in [5.41, 5.74) is 0. The van der Waals surface area contributed by atoms with E-state index < -0.39 is 0 Å². The number of carbonyl (C=O) groups excluding carboxylic acids is 1. The highest BCUT2D eigenvalue weighted by molar-refractivity contribution is 9.10. The summed E-state index contributed by atoms with van der Waals surface area (Å²) in [6, 6.07) is 1.26. The molecule has 6 heteroatoms. The molecule has 0 aliphatic carbocycles. The molecule has 5 nitrogen and oxygen atoms in total. The van der Waals surface area contributed by atoms with Gasteiger partial charge in [0.25, 0.3) is 0 Å². The first kappa shape index (κ1) is 13.0. The van der Waals surface area contributed by atoms with Gasteiger partial charge in [0.15, 0.2) is 5.82 Å². The number of amides is 1. The highest BCUT2D eigenvalue weighted by Gasteiger charge is 2.34.